The number of amides is 2. The second-order valence-electron chi connectivity index (χ2n) is 6.37. The summed E-state index contributed by atoms with van der Waals surface area (Å²) >= 11 is 0. The van der Waals surface area contributed by atoms with Crippen LogP contribution in [0.2, 0.25) is 0 Å². The first-order valence-electron chi connectivity index (χ1n) is 8.41. The molecule has 0 unspecified atom stereocenters. The van der Waals surface area contributed by atoms with Gasteiger partial charge in [0, 0.05) is 11.1 Å². The predicted molar refractivity (Wildman–Crippen MR) is 92.8 cm³/mol. The molecule has 0 fully saturated rings. The summed E-state index contributed by atoms with van der Waals surface area (Å²) in [5.41, 5.74) is 0.620. The monoisotopic (exact) mass is 379 g/mol. The van der Waals surface area contributed by atoms with Crippen LogP contribution in [0.4, 0.5) is 0 Å². The van der Waals surface area contributed by atoms with Gasteiger partial charge in [0.1, 0.15) is 0 Å². The molecule has 4 rings (SSSR count). The zero-order valence-corrected chi connectivity index (χ0v) is 14.3. The lowest BCUT2D eigenvalue weighted by Gasteiger charge is -2.18. The number of benzene rings is 2. The number of ketones is 2. The van der Waals surface area contributed by atoms with Crippen molar-refractivity contribution in [3.05, 3.63) is 70.8 Å². The van der Waals surface area contributed by atoms with Crippen LogP contribution in [0.1, 0.15) is 41.4 Å². The molecule has 8 nitrogen and oxygen atoms in total. The van der Waals surface area contributed by atoms with Gasteiger partial charge in [-0.15, -0.1) is 0 Å². The minimum Gasteiger partial charge on any atom is -0.443 e. The second-order valence-corrected chi connectivity index (χ2v) is 6.37. The SMILES string of the molecule is O=C1c2ccccc2C(=O)C1OC(=O)[C@H](O)CN1C(=O)c2ccccc2C1=O. The summed E-state index contributed by atoms with van der Waals surface area (Å²) in [5, 5.41) is 10.1. The molecular weight excluding hydrogens is 366 g/mol. The van der Waals surface area contributed by atoms with Gasteiger partial charge in [-0.2, -0.15) is 0 Å². The molecule has 1 N–H and O–H groups in total. The fraction of sp³-hybridized carbons (Fsp3) is 0.150. The number of hydrogen-bond donors (Lipinski definition) is 1. The Bertz CT molecular complexity index is 988. The highest BCUT2D eigenvalue weighted by Crippen LogP contribution is 2.25. The van der Waals surface area contributed by atoms with Gasteiger partial charge in [-0.1, -0.05) is 36.4 Å². The Morgan fingerprint density at radius 2 is 1.29 bits per heavy atom. The van der Waals surface area contributed by atoms with Crippen molar-refractivity contribution in [2.75, 3.05) is 6.54 Å². The molecule has 140 valence electrons. The maximum absolute atomic E-state index is 12.3. The van der Waals surface area contributed by atoms with Gasteiger partial charge in [-0.25, -0.2) is 4.79 Å². The van der Waals surface area contributed by atoms with E-state index in [0.29, 0.717) is 0 Å². The molecule has 0 aromatic heterocycles. The summed E-state index contributed by atoms with van der Waals surface area (Å²) in [6.07, 6.45) is -3.58. The summed E-state index contributed by atoms with van der Waals surface area (Å²) in [7, 11) is 0. The van der Waals surface area contributed by atoms with Crippen molar-refractivity contribution in [1.29, 1.82) is 0 Å². The summed E-state index contributed by atoms with van der Waals surface area (Å²) in [5.74, 6) is -3.92. The highest BCUT2D eigenvalue weighted by molar-refractivity contribution is 6.29. The van der Waals surface area contributed by atoms with E-state index >= 15 is 0 Å². The van der Waals surface area contributed by atoms with Crippen LogP contribution in [0.3, 0.4) is 0 Å². The van der Waals surface area contributed by atoms with Crippen LogP contribution in [0.15, 0.2) is 48.5 Å². The van der Waals surface area contributed by atoms with E-state index in [-0.39, 0.29) is 22.3 Å². The Balaban J connectivity index is 1.46. The van der Waals surface area contributed by atoms with E-state index in [1.54, 1.807) is 24.3 Å². The van der Waals surface area contributed by atoms with Crippen molar-refractivity contribution in [1.82, 2.24) is 4.90 Å². The lowest BCUT2D eigenvalue weighted by atomic mass is 10.1. The van der Waals surface area contributed by atoms with Crippen molar-refractivity contribution in [2.45, 2.75) is 12.2 Å². The number of Topliss-reactive ketones (excluding diaryl/α,β-unsaturated/α-hetero) is 2. The van der Waals surface area contributed by atoms with Crippen LogP contribution in [-0.4, -0.2) is 58.1 Å². The van der Waals surface area contributed by atoms with Crippen molar-refractivity contribution < 1.29 is 33.8 Å². The quantitative estimate of drug-likeness (QED) is 0.470. The van der Waals surface area contributed by atoms with E-state index in [0.717, 1.165) is 4.90 Å². The Labute approximate surface area is 158 Å². The number of aliphatic hydroxyl groups excluding tert-OH is 1. The van der Waals surface area contributed by atoms with Crippen LogP contribution in [0, 0.1) is 0 Å². The molecule has 0 radical (unpaired) electrons. The molecule has 2 aromatic carbocycles. The van der Waals surface area contributed by atoms with Crippen molar-refractivity contribution >= 4 is 29.4 Å². The third-order valence-corrected chi connectivity index (χ3v) is 4.67. The number of fused-ring (bicyclic) bond motifs is 2. The fourth-order valence-electron chi connectivity index (χ4n) is 3.27. The van der Waals surface area contributed by atoms with E-state index in [1.165, 1.54) is 24.3 Å². The zero-order valence-electron chi connectivity index (χ0n) is 14.3. The first-order chi connectivity index (χ1) is 13.4. The molecule has 2 amide bonds. The summed E-state index contributed by atoms with van der Waals surface area (Å²) < 4.78 is 4.90. The topological polar surface area (TPSA) is 118 Å². The van der Waals surface area contributed by atoms with Crippen molar-refractivity contribution in [3.8, 4) is 0 Å². The maximum Gasteiger partial charge on any atom is 0.338 e. The van der Waals surface area contributed by atoms with Gasteiger partial charge in [0.15, 0.2) is 6.10 Å². The fourth-order valence-corrected chi connectivity index (χ4v) is 3.27. The highest BCUT2D eigenvalue weighted by atomic mass is 16.6. The standard InChI is InChI=1S/C20H13NO7/c22-14(9-21-18(25)12-7-3-4-8-13(12)19(21)26)20(27)28-17-15(23)10-5-1-2-6-11(10)16(17)24/h1-8,14,17,22H,9H2/t14-/m1/s1. The second kappa shape index (κ2) is 6.50. The minimum atomic E-state index is -1.90. The Morgan fingerprint density at radius 1 is 0.857 bits per heavy atom. The van der Waals surface area contributed by atoms with E-state index in [2.05, 4.69) is 0 Å². The van der Waals surface area contributed by atoms with Crippen LogP contribution >= 0.6 is 0 Å². The number of aliphatic hydroxyl groups is 1. The zero-order chi connectivity index (χ0) is 20.0. The van der Waals surface area contributed by atoms with Gasteiger partial charge in [-0.3, -0.25) is 24.1 Å². The van der Waals surface area contributed by atoms with Gasteiger partial charge < -0.3 is 9.84 Å². The average molecular weight is 379 g/mol. The molecule has 2 aliphatic rings. The largest absolute Gasteiger partial charge is 0.443 e. The van der Waals surface area contributed by atoms with Crippen molar-refractivity contribution in [2.24, 2.45) is 0 Å². The molecule has 0 saturated heterocycles. The summed E-state index contributed by atoms with van der Waals surface area (Å²) in [6.45, 7) is -0.646. The minimum absolute atomic E-state index is 0.139. The predicted octanol–water partition coefficient (Wildman–Crippen LogP) is 0.634. The van der Waals surface area contributed by atoms with Crippen LogP contribution < -0.4 is 0 Å². The molecular formula is C20H13NO7. The highest BCUT2D eigenvalue weighted by Gasteiger charge is 2.43. The first-order valence-corrected chi connectivity index (χ1v) is 8.41. The number of ether oxygens (including phenoxy) is 1. The van der Waals surface area contributed by atoms with E-state index in [9.17, 15) is 29.1 Å². The lowest BCUT2D eigenvalue weighted by Crippen LogP contribution is -2.43. The Hall–Kier alpha value is -3.65. The molecule has 0 bridgehead atoms. The summed E-state index contributed by atoms with van der Waals surface area (Å²) in [4.78, 5) is 62.0. The maximum atomic E-state index is 12.3. The van der Waals surface area contributed by atoms with E-state index in [4.69, 9.17) is 4.74 Å². The van der Waals surface area contributed by atoms with E-state index in [1.807, 2.05) is 0 Å². The van der Waals surface area contributed by atoms with Gasteiger partial charge in [0.2, 0.25) is 17.7 Å². The molecule has 1 atom stereocenters. The van der Waals surface area contributed by atoms with Gasteiger partial charge >= 0.3 is 5.97 Å². The van der Waals surface area contributed by atoms with Gasteiger partial charge in [0.05, 0.1) is 17.7 Å². The molecule has 1 heterocycles. The third kappa shape index (κ3) is 2.62. The van der Waals surface area contributed by atoms with Gasteiger partial charge in [0.25, 0.3) is 11.8 Å². The Morgan fingerprint density at radius 3 is 1.75 bits per heavy atom. The molecule has 1 aliphatic heterocycles. The number of rotatable bonds is 4. The Kier molecular flexibility index (Phi) is 4.12. The number of carbonyl (C=O) groups excluding carboxylic acids is 5. The normalized spacial score (nSPS) is 17.0. The summed E-state index contributed by atoms with van der Waals surface area (Å²) in [6, 6.07) is 12.1. The number of carbonyl (C=O) groups is 5. The van der Waals surface area contributed by atoms with Crippen LogP contribution in [0.5, 0.6) is 0 Å². The number of imide groups is 1. The lowest BCUT2D eigenvalue weighted by molar-refractivity contribution is -0.155. The smallest absolute Gasteiger partial charge is 0.338 e. The van der Waals surface area contributed by atoms with E-state index < -0.39 is 48.1 Å². The molecule has 1 aliphatic carbocycles. The molecule has 28 heavy (non-hydrogen) atoms. The van der Waals surface area contributed by atoms with Crippen molar-refractivity contribution in [3.63, 3.8) is 0 Å². The first kappa shape index (κ1) is 17.7. The molecule has 8 heteroatoms. The number of hydrogen-bond acceptors (Lipinski definition) is 7. The molecule has 0 spiro atoms. The third-order valence-electron chi connectivity index (χ3n) is 4.67. The number of esters is 1. The molecule has 2 aromatic rings. The van der Waals surface area contributed by atoms with Crippen LogP contribution in [-0.2, 0) is 9.53 Å². The number of β-amino-alcohol motifs (C(OH)–C–C–N with tert-alkyl or cyclic N) is 1. The van der Waals surface area contributed by atoms with Gasteiger partial charge in [-0.05, 0) is 12.1 Å². The molecule has 0 saturated carbocycles. The van der Waals surface area contributed by atoms with Crippen LogP contribution in [0.25, 0.3) is 0 Å². The number of nitrogens with zero attached hydrogens (tertiary/aromatic N) is 1. The average Bonchev–Trinajstić information content (AvgIpc) is 3.09.